The summed E-state index contributed by atoms with van der Waals surface area (Å²) in [5.74, 6) is -0.274. The molecule has 1 heterocycles. The van der Waals surface area contributed by atoms with Gasteiger partial charge in [-0.3, -0.25) is 0 Å². The number of anilines is 1. The zero-order valence-electron chi connectivity index (χ0n) is 10.3. The number of benzene rings is 1. The molecule has 0 unspecified atom stereocenters. The Morgan fingerprint density at radius 2 is 2.16 bits per heavy atom. The molecule has 1 aromatic heterocycles. The van der Waals surface area contributed by atoms with Crippen LogP contribution in [0, 0.1) is 0 Å². The largest absolute Gasteiger partial charge is 0.478 e. The maximum atomic E-state index is 10.7. The number of nitrogens with zero attached hydrogens (tertiary/aromatic N) is 2. The van der Waals surface area contributed by atoms with E-state index in [-0.39, 0.29) is 5.56 Å². The number of carbonyl (C=O) groups is 1. The van der Waals surface area contributed by atoms with E-state index in [0.29, 0.717) is 19.0 Å². The zero-order valence-corrected chi connectivity index (χ0v) is 11.1. The molecule has 2 N–H and O–H groups in total. The van der Waals surface area contributed by atoms with Crippen LogP contribution in [-0.2, 0) is 17.9 Å². The van der Waals surface area contributed by atoms with E-state index in [4.69, 9.17) is 9.84 Å². The molecule has 0 radical (unpaired) electrons. The molecule has 0 aliphatic heterocycles. The Balaban J connectivity index is 1.92. The lowest BCUT2D eigenvalue weighted by Crippen LogP contribution is -2.01. The average molecular weight is 279 g/mol. The van der Waals surface area contributed by atoms with Gasteiger partial charge < -0.3 is 15.2 Å². The number of rotatable bonds is 6. The van der Waals surface area contributed by atoms with Crippen molar-refractivity contribution in [2.24, 2.45) is 0 Å². The van der Waals surface area contributed by atoms with Gasteiger partial charge >= 0.3 is 5.97 Å². The van der Waals surface area contributed by atoms with Crippen molar-refractivity contribution >= 4 is 22.6 Å². The van der Waals surface area contributed by atoms with Crippen LogP contribution in [0.3, 0.4) is 0 Å². The predicted molar refractivity (Wildman–Crippen MR) is 71.4 cm³/mol. The quantitative estimate of drug-likeness (QED) is 0.841. The molecule has 0 aliphatic carbocycles. The van der Waals surface area contributed by atoms with Gasteiger partial charge in [-0.25, -0.2) is 9.78 Å². The van der Waals surface area contributed by atoms with Crippen LogP contribution in [0.1, 0.15) is 21.7 Å². The lowest BCUT2D eigenvalue weighted by atomic mass is 10.1. The van der Waals surface area contributed by atoms with E-state index in [0.717, 1.165) is 10.7 Å². The molecule has 2 aromatic rings. The first-order valence-corrected chi connectivity index (χ1v) is 6.34. The molecule has 0 atom stereocenters. The highest BCUT2D eigenvalue weighted by molar-refractivity contribution is 7.09. The van der Waals surface area contributed by atoms with Crippen molar-refractivity contribution in [3.05, 3.63) is 41.2 Å². The fourth-order valence-corrected chi connectivity index (χ4v) is 2.02. The van der Waals surface area contributed by atoms with Crippen LogP contribution < -0.4 is 5.32 Å². The standard InChI is InChI=1S/C12H13N3O3S/c1-18-7-10-14-12(19-15-10)13-6-8-2-4-9(5-3-8)11(16)17/h2-5H,6-7H2,1H3,(H,16,17)(H,13,14,15). The van der Waals surface area contributed by atoms with Crippen LogP contribution in [0.15, 0.2) is 24.3 Å². The van der Waals surface area contributed by atoms with Gasteiger partial charge in [0.15, 0.2) is 5.82 Å². The summed E-state index contributed by atoms with van der Waals surface area (Å²) in [6.45, 7) is 0.965. The molecule has 0 fully saturated rings. The molecule has 0 saturated heterocycles. The molecule has 0 bridgehead atoms. The van der Waals surface area contributed by atoms with Crippen LogP contribution in [0.2, 0.25) is 0 Å². The van der Waals surface area contributed by atoms with Crippen LogP contribution in [0.25, 0.3) is 0 Å². The van der Waals surface area contributed by atoms with E-state index in [2.05, 4.69) is 14.7 Å². The van der Waals surface area contributed by atoms with E-state index in [1.807, 2.05) is 0 Å². The van der Waals surface area contributed by atoms with Gasteiger partial charge in [-0.2, -0.15) is 4.37 Å². The minimum atomic E-state index is -0.923. The molecule has 0 spiro atoms. The SMILES string of the molecule is COCc1nsc(NCc2ccc(C(=O)O)cc2)n1. The second-order valence-corrected chi connectivity index (χ2v) is 4.56. The number of carboxylic acids is 1. The lowest BCUT2D eigenvalue weighted by Gasteiger charge is -2.02. The normalized spacial score (nSPS) is 10.4. The number of hydrogen-bond donors (Lipinski definition) is 2. The monoisotopic (exact) mass is 279 g/mol. The van der Waals surface area contributed by atoms with Gasteiger partial charge in [0, 0.05) is 25.2 Å². The fraction of sp³-hybridized carbons (Fsp3) is 0.250. The zero-order chi connectivity index (χ0) is 13.7. The minimum absolute atomic E-state index is 0.280. The summed E-state index contributed by atoms with van der Waals surface area (Å²) in [5.41, 5.74) is 1.26. The van der Waals surface area contributed by atoms with E-state index in [1.54, 1.807) is 31.4 Å². The number of aromatic nitrogens is 2. The number of nitrogens with one attached hydrogen (secondary N) is 1. The molecule has 6 nitrogen and oxygen atoms in total. The van der Waals surface area contributed by atoms with Crippen LogP contribution in [-0.4, -0.2) is 27.5 Å². The van der Waals surface area contributed by atoms with E-state index in [9.17, 15) is 4.79 Å². The maximum Gasteiger partial charge on any atom is 0.335 e. The lowest BCUT2D eigenvalue weighted by molar-refractivity contribution is 0.0697. The summed E-state index contributed by atoms with van der Waals surface area (Å²) >= 11 is 1.27. The van der Waals surface area contributed by atoms with Crippen LogP contribution in [0.4, 0.5) is 5.13 Å². The third kappa shape index (κ3) is 3.73. The van der Waals surface area contributed by atoms with Crippen LogP contribution in [0.5, 0.6) is 0 Å². The van der Waals surface area contributed by atoms with Gasteiger partial charge in [-0.05, 0) is 17.7 Å². The van der Waals surface area contributed by atoms with Gasteiger partial charge in [-0.1, -0.05) is 12.1 Å². The Morgan fingerprint density at radius 1 is 1.42 bits per heavy atom. The summed E-state index contributed by atoms with van der Waals surface area (Å²) in [6.07, 6.45) is 0. The van der Waals surface area contributed by atoms with E-state index in [1.165, 1.54) is 11.5 Å². The number of carboxylic acid groups (broad SMARTS) is 1. The van der Waals surface area contributed by atoms with Crippen molar-refractivity contribution in [1.29, 1.82) is 0 Å². The average Bonchev–Trinajstić information content (AvgIpc) is 2.85. The topological polar surface area (TPSA) is 84.3 Å². The predicted octanol–water partition coefficient (Wildman–Crippen LogP) is 1.99. The molecule has 1 aromatic carbocycles. The second kappa shape index (κ2) is 6.26. The molecular formula is C12H13N3O3S. The summed E-state index contributed by atoms with van der Waals surface area (Å²) in [5, 5.41) is 12.6. The third-order valence-corrected chi connectivity index (χ3v) is 3.10. The third-order valence-electron chi connectivity index (χ3n) is 2.39. The first kappa shape index (κ1) is 13.4. The van der Waals surface area contributed by atoms with Gasteiger partial charge in [0.1, 0.15) is 6.61 Å². The summed E-state index contributed by atoms with van der Waals surface area (Å²) in [6, 6.07) is 6.70. The molecule has 0 aliphatic rings. The number of aromatic carboxylic acids is 1. The highest BCUT2D eigenvalue weighted by Gasteiger charge is 2.04. The number of hydrogen-bond acceptors (Lipinski definition) is 6. The molecule has 100 valence electrons. The number of ether oxygens (including phenoxy) is 1. The first-order chi connectivity index (χ1) is 9.19. The van der Waals surface area contributed by atoms with Gasteiger partial charge in [0.05, 0.1) is 5.56 Å². The van der Waals surface area contributed by atoms with Gasteiger partial charge in [0.25, 0.3) is 0 Å². The summed E-state index contributed by atoms with van der Waals surface area (Å²) in [7, 11) is 1.60. The van der Waals surface area contributed by atoms with Crippen molar-refractivity contribution in [3.63, 3.8) is 0 Å². The molecule has 19 heavy (non-hydrogen) atoms. The van der Waals surface area contributed by atoms with Crippen molar-refractivity contribution < 1.29 is 14.6 Å². The Hall–Kier alpha value is -1.99. The fourth-order valence-electron chi connectivity index (χ4n) is 1.46. The van der Waals surface area contributed by atoms with Crippen molar-refractivity contribution in [2.75, 3.05) is 12.4 Å². The molecule has 0 amide bonds. The second-order valence-electron chi connectivity index (χ2n) is 3.80. The van der Waals surface area contributed by atoms with Gasteiger partial charge in [-0.15, -0.1) is 0 Å². The summed E-state index contributed by atoms with van der Waals surface area (Å²) in [4.78, 5) is 14.9. The Bertz CT molecular complexity index is 554. The van der Waals surface area contributed by atoms with Gasteiger partial charge in [0.2, 0.25) is 5.13 Å². The van der Waals surface area contributed by atoms with Crippen molar-refractivity contribution in [1.82, 2.24) is 9.36 Å². The molecule has 2 rings (SSSR count). The van der Waals surface area contributed by atoms with E-state index >= 15 is 0 Å². The van der Waals surface area contributed by atoms with Crippen LogP contribution >= 0.6 is 11.5 Å². The summed E-state index contributed by atoms with van der Waals surface area (Å²) < 4.78 is 9.06. The molecule has 0 saturated carbocycles. The Kier molecular flexibility index (Phi) is 4.43. The Morgan fingerprint density at radius 3 is 2.79 bits per heavy atom. The first-order valence-electron chi connectivity index (χ1n) is 5.56. The van der Waals surface area contributed by atoms with E-state index < -0.39 is 5.97 Å². The Labute approximate surface area is 114 Å². The highest BCUT2D eigenvalue weighted by atomic mass is 32.1. The highest BCUT2D eigenvalue weighted by Crippen LogP contribution is 2.13. The van der Waals surface area contributed by atoms with Crippen molar-refractivity contribution in [3.8, 4) is 0 Å². The molecular weight excluding hydrogens is 266 g/mol. The van der Waals surface area contributed by atoms with Crippen molar-refractivity contribution in [2.45, 2.75) is 13.2 Å². The molecule has 7 heteroatoms. The minimum Gasteiger partial charge on any atom is -0.478 e. The smallest absolute Gasteiger partial charge is 0.335 e. The maximum absolute atomic E-state index is 10.7. The number of methoxy groups -OCH3 is 1.